The number of unbranched alkanes of at least 4 members (excludes halogenated alkanes) is 39. The van der Waals surface area contributed by atoms with Crippen molar-refractivity contribution >= 4 is 39.5 Å². The van der Waals surface area contributed by atoms with E-state index in [1.54, 1.807) is 0 Å². The van der Waals surface area contributed by atoms with Gasteiger partial charge >= 0.3 is 39.5 Å². The molecule has 0 aliphatic rings. The van der Waals surface area contributed by atoms with Crippen LogP contribution in [-0.2, 0) is 65.4 Å². The van der Waals surface area contributed by atoms with E-state index < -0.39 is 97.5 Å². The molecule has 576 valence electrons. The summed E-state index contributed by atoms with van der Waals surface area (Å²) in [4.78, 5) is 72.9. The van der Waals surface area contributed by atoms with Crippen LogP contribution in [0.5, 0.6) is 0 Å². The van der Waals surface area contributed by atoms with Gasteiger partial charge in [0.15, 0.2) is 12.2 Å². The molecule has 0 aliphatic heterocycles. The molecule has 7 atom stereocenters. The van der Waals surface area contributed by atoms with Crippen molar-refractivity contribution in [3.63, 3.8) is 0 Å². The van der Waals surface area contributed by atoms with E-state index in [2.05, 4.69) is 55.4 Å². The minimum atomic E-state index is -4.96. The number of aliphatic hydroxyl groups is 1. The van der Waals surface area contributed by atoms with E-state index in [4.69, 9.17) is 37.0 Å². The van der Waals surface area contributed by atoms with E-state index in [-0.39, 0.29) is 25.7 Å². The van der Waals surface area contributed by atoms with Gasteiger partial charge in [-0.05, 0) is 49.4 Å². The first-order chi connectivity index (χ1) is 46.7. The van der Waals surface area contributed by atoms with Gasteiger partial charge in [-0.1, -0.05) is 344 Å². The van der Waals surface area contributed by atoms with Crippen molar-refractivity contribution in [1.29, 1.82) is 0 Å². The van der Waals surface area contributed by atoms with Crippen molar-refractivity contribution in [3.8, 4) is 0 Å². The number of aliphatic hydroxyl groups excluding tert-OH is 1. The lowest BCUT2D eigenvalue weighted by Gasteiger charge is -2.21. The topological polar surface area (TPSA) is 237 Å². The molecule has 0 amide bonds. The molecule has 0 aromatic heterocycles. The van der Waals surface area contributed by atoms with Crippen LogP contribution in [0.1, 0.15) is 396 Å². The highest BCUT2D eigenvalue weighted by Gasteiger charge is 2.30. The van der Waals surface area contributed by atoms with E-state index in [9.17, 15) is 43.2 Å². The molecule has 0 saturated carbocycles. The average Bonchev–Trinajstić information content (AvgIpc) is 1.17. The number of esters is 4. The third kappa shape index (κ3) is 69.5. The predicted molar refractivity (Wildman–Crippen MR) is 395 cm³/mol. The number of rotatable bonds is 75. The lowest BCUT2D eigenvalue weighted by Crippen LogP contribution is -2.30. The third-order valence-electron chi connectivity index (χ3n) is 18.8. The smallest absolute Gasteiger partial charge is 0.462 e. The van der Waals surface area contributed by atoms with Gasteiger partial charge in [0.1, 0.15) is 19.3 Å². The van der Waals surface area contributed by atoms with Crippen molar-refractivity contribution in [2.75, 3.05) is 39.6 Å². The molecule has 0 saturated heterocycles. The molecule has 0 heterocycles. The van der Waals surface area contributed by atoms with E-state index >= 15 is 0 Å². The zero-order chi connectivity index (χ0) is 71.7. The van der Waals surface area contributed by atoms with Crippen molar-refractivity contribution < 1.29 is 80.2 Å². The molecule has 0 aliphatic carbocycles. The Hall–Kier alpha value is -1.94. The summed E-state index contributed by atoms with van der Waals surface area (Å²) in [5.74, 6) is 1.000. The number of phosphoric ester groups is 2. The van der Waals surface area contributed by atoms with Crippen LogP contribution in [0.25, 0.3) is 0 Å². The van der Waals surface area contributed by atoms with Crippen LogP contribution in [0.2, 0.25) is 0 Å². The Labute approximate surface area is 594 Å². The second-order valence-corrected chi connectivity index (χ2v) is 32.4. The average molecular weight is 1420 g/mol. The van der Waals surface area contributed by atoms with Gasteiger partial charge in [-0.2, -0.15) is 0 Å². The van der Waals surface area contributed by atoms with Crippen molar-refractivity contribution in [2.24, 2.45) is 23.7 Å². The monoisotopic (exact) mass is 1420 g/mol. The number of phosphoric acid groups is 2. The summed E-state index contributed by atoms with van der Waals surface area (Å²) in [6, 6.07) is 0. The molecule has 4 unspecified atom stereocenters. The summed E-state index contributed by atoms with van der Waals surface area (Å²) < 4.78 is 68.6. The van der Waals surface area contributed by atoms with Crippen LogP contribution in [0.15, 0.2) is 0 Å². The van der Waals surface area contributed by atoms with E-state index in [0.29, 0.717) is 31.6 Å². The van der Waals surface area contributed by atoms with E-state index in [1.165, 1.54) is 193 Å². The van der Waals surface area contributed by atoms with Crippen LogP contribution in [0.4, 0.5) is 0 Å². The van der Waals surface area contributed by atoms with Crippen LogP contribution in [0.3, 0.4) is 0 Å². The molecular weight excluding hydrogens is 1270 g/mol. The number of hydrogen-bond donors (Lipinski definition) is 3. The van der Waals surface area contributed by atoms with Gasteiger partial charge in [0.2, 0.25) is 0 Å². The van der Waals surface area contributed by atoms with E-state index in [1.807, 2.05) is 0 Å². The van der Waals surface area contributed by atoms with Gasteiger partial charge in [-0.3, -0.25) is 37.3 Å². The zero-order valence-electron chi connectivity index (χ0n) is 63.7. The second kappa shape index (κ2) is 67.2. The van der Waals surface area contributed by atoms with Gasteiger partial charge in [-0.25, -0.2) is 9.13 Å². The van der Waals surface area contributed by atoms with Crippen LogP contribution >= 0.6 is 15.6 Å². The van der Waals surface area contributed by atoms with Gasteiger partial charge in [-0.15, -0.1) is 0 Å². The first-order valence-corrected chi connectivity index (χ1v) is 43.3. The highest BCUT2D eigenvalue weighted by molar-refractivity contribution is 7.47. The Morgan fingerprint density at radius 2 is 0.495 bits per heavy atom. The molecule has 19 heteroatoms. The van der Waals surface area contributed by atoms with Crippen molar-refractivity contribution in [2.45, 2.75) is 414 Å². The fourth-order valence-electron chi connectivity index (χ4n) is 11.8. The normalized spacial score (nSPS) is 14.6. The van der Waals surface area contributed by atoms with Gasteiger partial charge in [0, 0.05) is 25.7 Å². The molecule has 97 heavy (non-hydrogen) atoms. The minimum Gasteiger partial charge on any atom is -0.462 e. The maximum atomic E-state index is 13.1. The third-order valence-corrected chi connectivity index (χ3v) is 20.7. The maximum Gasteiger partial charge on any atom is 0.472 e. The molecule has 3 N–H and O–H groups in total. The van der Waals surface area contributed by atoms with Crippen molar-refractivity contribution in [3.05, 3.63) is 0 Å². The zero-order valence-corrected chi connectivity index (χ0v) is 65.5. The highest BCUT2D eigenvalue weighted by atomic mass is 31.2. The number of carbonyl (C=O) groups is 4. The first-order valence-electron chi connectivity index (χ1n) is 40.3. The van der Waals surface area contributed by atoms with Crippen LogP contribution < -0.4 is 0 Å². The molecule has 0 spiro atoms. The predicted octanol–water partition coefficient (Wildman–Crippen LogP) is 22.8. The lowest BCUT2D eigenvalue weighted by molar-refractivity contribution is -0.161. The fourth-order valence-corrected chi connectivity index (χ4v) is 13.4. The maximum absolute atomic E-state index is 13.1. The molecule has 17 nitrogen and oxygen atoms in total. The number of hydrogen-bond acceptors (Lipinski definition) is 15. The Morgan fingerprint density at radius 1 is 0.289 bits per heavy atom. The standard InChI is InChI=1S/C78H152O17P2/c1-9-70(7)56-48-40-31-25-19-15-11-12-16-21-28-34-44-52-60-77(82)94-73(64-88-75(80)58-50-42-33-27-20-17-13-14-18-24-30-38-46-54-68(3)4)66-92-96(84,85)90-62-72(79)63-91-97(86,87)93-67-74(65-89-76(81)59-51-43-37-36-39-47-55-69(5)6)95-78(83)61-53-45-35-29-23-22-26-32-41-49-57-71(8)10-2/h68-74,79H,9-67H2,1-8H3,(H,84,85)(H,86,87)/t70?,71?,72-,73-,74-/m1/s1. The molecule has 0 bridgehead atoms. The quantitative estimate of drug-likeness (QED) is 0.0222. The van der Waals surface area contributed by atoms with Gasteiger partial charge < -0.3 is 33.8 Å². The number of ether oxygens (including phenoxy) is 4. The molecule has 0 aromatic carbocycles. The SMILES string of the molecule is CCC(C)CCCCCCCCCCCCCCCCC(=O)O[C@H](COC(=O)CCCCCCCCCCCCCCCC(C)C)COP(=O)(O)OC[C@@H](O)COP(=O)(O)OC[C@@H](COC(=O)CCCCCCCCC(C)C)OC(=O)CCCCCCCCCCCCC(C)CC. The van der Waals surface area contributed by atoms with Gasteiger partial charge in [0.05, 0.1) is 26.4 Å². The Morgan fingerprint density at radius 3 is 0.732 bits per heavy atom. The number of carbonyl (C=O) groups excluding carboxylic acids is 4. The minimum absolute atomic E-state index is 0.105. The summed E-state index contributed by atoms with van der Waals surface area (Å²) in [5, 5.41) is 10.6. The lowest BCUT2D eigenvalue weighted by atomic mass is 9.99. The summed E-state index contributed by atoms with van der Waals surface area (Å²) in [5.41, 5.74) is 0. The summed E-state index contributed by atoms with van der Waals surface area (Å²) in [7, 11) is -9.92. The second-order valence-electron chi connectivity index (χ2n) is 29.5. The van der Waals surface area contributed by atoms with E-state index in [0.717, 1.165) is 114 Å². The summed E-state index contributed by atoms with van der Waals surface area (Å²) in [6.45, 7) is 14.2. The molecule has 0 fully saturated rings. The summed E-state index contributed by atoms with van der Waals surface area (Å²) in [6.07, 6.45) is 52.7. The van der Waals surface area contributed by atoms with Crippen LogP contribution in [-0.4, -0.2) is 96.7 Å². The molecule has 0 radical (unpaired) electrons. The molecular formula is C78H152O17P2. The Kier molecular flexibility index (Phi) is 65.9. The van der Waals surface area contributed by atoms with Crippen LogP contribution in [0, 0.1) is 23.7 Å². The van der Waals surface area contributed by atoms with Crippen molar-refractivity contribution in [1.82, 2.24) is 0 Å². The molecule has 0 aromatic rings. The fraction of sp³-hybridized carbons (Fsp3) is 0.949. The largest absolute Gasteiger partial charge is 0.472 e. The first kappa shape index (κ1) is 95.1. The highest BCUT2D eigenvalue weighted by Crippen LogP contribution is 2.45. The Bertz CT molecular complexity index is 1910. The summed E-state index contributed by atoms with van der Waals surface area (Å²) >= 11 is 0. The Balaban J connectivity index is 5.25. The van der Waals surface area contributed by atoms with Gasteiger partial charge in [0.25, 0.3) is 0 Å². The molecule has 0 rings (SSSR count).